The lowest BCUT2D eigenvalue weighted by atomic mass is 10.0. The van der Waals surface area contributed by atoms with Gasteiger partial charge in [0.05, 0.1) is 30.4 Å². The Balaban J connectivity index is 1.50. The van der Waals surface area contributed by atoms with Crippen LogP contribution < -0.4 is 10.1 Å². The van der Waals surface area contributed by atoms with Crippen molar-refractivity contribution >= 4 is 16.9 Å². The van der Waals surface area contributed by atoms with Gasteiger partial charge in [0.15, 0.2) is 5.76 Å². The molecule has 30 heavy (non-hydrogen) atoms. The Morgan fingerprint density at radius 3 is 2.70 bits per heavy atom. The number of aromatic nitrogens is 2. The molecule has 2 aromatic carbocycles. The van der Waals surface area contributed by atoms with Gasteiger partial charge in [0.1, 0.15) is 18.2 Å². The van der Waals surface area contributed by atoms with E-state index in [9.17, 15) is 4.79 Å². The second-order valence-electron chi connectivity index (χ2n) is 7.37. The van der Waals surface area contributed by atoms with Crippen molar-refractivity contribution in [3.05, 3.63) is 84.1 Å². The van der Waals surface area contributed by atoms with Crippen LogP contribution in [0.1, 0.15) is 41.7 Å². The van der Waals surface area contributed by atoms with Crippen molar-refractivity contribution in [3.63, 3.8) is 0 Å². The van der Waals surface area contributed by atoms with Gasteiger partial charge in [-0.05, 0) is 41.8 Å². The van der Waals surface area contributed by atoms with Crippen LogP contribution in [-0.2, 0) is 13.1 Å². The number of ether oxygens (including phenoxy) is 1. The molecule has 0 radical (unpaired) electrons. The predicted octanol–water partition coefficient (Wildman–Crippen LogP) is 4.76. The maximum Gasteiger partial charge on any atom is 0.287 e. The summed E-state index contributed by atoms with van der Waals surface area (Å²) < 4.78 is 13.4. The molecule has 154 valence electrons. The van der Waals surface area contributed by atoms with E-state index >= 15 is 0 Å². The summed E-state index contributed by atoms with van der Waals surface area (Å²) in [5, 5.41) is 2.88. The molecule has 0 atom stereocenters. The molecule has 0 aliphatic rings. The lowest BCUT2D eigenvalue weighted by Crippen LogP contribution is -2.25. The van der Waals surface area contributed by atoms with Crippen LogP contribution in [0.15, 0.2) is 71.3 Å². The van der Waals surface area contributed by atoms with Gasteiger partial charge in [0.25, 0.3) is 5.91 Å². The van der Waals surface area contributed by atoms with Gasteiger partial charge in [-0.2, -0.15) is 0 Å². The number of amides is 1. The second kappa shape index (κ2) is 8.86. The van der Waals surface area contributed by atoms with Gasteiger partial charge in [0, 0.05) is 0 Å². The molecular formula is C24H25N3O3. The first-order valence-corrected chi connectivity index (χ1v) is 10.1. The van der Waals surface area contributed by atoms with Crippen LogP contribution in [0, 0.1) is 0 Å². The molecule has 1 N–H and O–H groups in total. The van der Waals surface area contributed by atoms with Gasteiger partial charge >= 0.3 is 0 Å². The van der Waals surface area contributed by atoms with Crippen molar-refractivity contribution in [3.8, 4) is 5.75 Å². The number of furan rings is 1. The van der Waals surface area contributed by atoms with Gasteiger partial charge < -0.3 is 19.0 Å². The Morgan fingerprint density at radius 1 is 1.10 bits per heavy atom. The van der Waals surface area contributed by atoms with E-state index in [1.54, 1.807) is 12.1 Å². The number of fused-ring (bicyclic) bond motifs is 1. The van der Waals surface area contributed by atoms with Crippen LogP contribution in [-0.4, -0.2) is 22.1 Å². The fourth-order valence-electron chi connectivity index (χ4n) is 3.50. The Kier molecular flexibility index (Phi) is 5.84. The number of nitrogens with zero attached hydrogens (tertiary/aromatic N) is 2. The van der Waals surface area contributed by atoms with Gasteiger partial charge in [-0.1, -0.05) is 44.2 Å². The molecule has 4 rings (SSSR count). The molecule has 0 fully saturated rings. The average Bonchev–Trinajstić information content (AvgIpc) is 3.41. The van der Waals surface area contributed by atoms with E-state index in [-0.39, 0.29) is 11.7 Å². The topological polar surface area (TPSA) is 69.3 Å². The van der Waals surface area contributed by atoms with E-state index in [4.69, 9.17) is 14.1 Å². The van der Waals surface area contributed by atoms with Crippen molar-refractivity contribution in [2.75, 3.05) is 6.61 Å². The molecular weight excluding hydrogens is 378 g/mol. The fourth-order valence-corrected chi connectivity index (χ4v) is 3.50. The highest BCUT2D eigenvalue weighted by molar-refractivity contribution is 5.91. The van der Waals surface area contributed by atoms with E-state index in [1.165, 1.54) is 11.8 Å². The number of imidazole rings is 1. The molecule has 4 aromatic rings. The summed E-state index contributed by atoms with van der Waals surface area (Å²) in [6.07, 6.45) is 1.48. The van der Waals surface area contributed by atoms with Crippen LogP contribution in [0.3, 0.4) is 0 Å². The second-order valence-corrected chi connectivity index (χ2v) is 7.37. The number of rotatable bonds is 8. The first-order chi connectivity index (χ1) is 14.6. The third-order valence-corrected chi connectivity index (χ3v) is 5.00. The van der Waals surface area contributed by atoms with Crippen molar-refractivity contribution in [1.29, 1.82) is 0 Å². The molecule has 0 spiro atoms. The van der Waals surface area contributed by atoms with Gasteiger partial charge in [-0.25, -0.2) is 4.98 Å². The molecule has 6 nitrogen and oxygen atoms in total. The predicted molar refractivity (Wildman–Crippen MR) is 116 cm³/mol. The number of carbonyl (C=O) groups excluding carboxylic acids is 1. The van der Waals surface area contributed by atoms with E-state index in [1.807, 2.05) is 42.5 Å². The smallest absolute Gasteiger partial charge is 0.287 e. The number of hydrogen-bond acceptors (Lipinski definition) is 4. The van der Waals surface area contributed by atoms with Gasteiger partial charge in [-0.3, -0.25) is 4.79 Å². The minimum Gasteiger partial charge on any atom is -0.491 e. The van der Waals surface area contributed by atoms with Gasteiger partial charge in [0.2, 0.25) is 0 Å². The summed E-state index contributed by atoms with van der Waals surface area (Å²) in [6, 6.07) is 19.4. The first-order valence-electron chi connectivity index (χ1n) is 10.1. The van der Waals surface area contributed by atoms with Crippen molar-refractivity contribution in [1.82, 2.24) is 14.9 Å². The van der Waals surface area contributed by atoms with Crippen LogP contribution in [0.5, 0.6) is 5.75 Å². The minimum atomic E-state index is -0.263. The third kappa shape index (κ3) is 4.22. The summed E-state index contributed by atoms with van der Waals surface area (Å²) in [5.74, 6) is 2.09. The van der Waals surface area contributed by atoms with Crippen molar-refractivity contribution in [2.45, 2.75) is 32.9 Å². The van der Waals surface area contributed by atoms with Gasteiger partial charge in [-0.15, -0.1) is 0 Å². The van der Waals surface area contributed by atoms with Crippen LogP contribution in [0.4, 0.5) is 0 Å². The van der Waals surface area contributed by atoms with E-state index in [0.29, 0.717) is 25.6 Å². The Labute approximate surface area is 175 Å². The summed E-state index contributed by atoms with van der Waals surface area (Å²) in [7, 11) is 0. The van der Waals surface area contributed by atoms with E-state index in [2.05, 4.69) is 29.8 Å². The number of nitrogens with one attached hydrogen (secondary N) is 1. The maximum atomic E-state index is 12.2. The zero-order valence-electron chi connectivity index (χ0n) is 17.2. The summed E-state index contributed by atoms with van der Waals surface area (Å²) in [4.78, 5) is 16.9. The van der Waals surface area contributed by atoms with E-state index < -0.39 is 0 Å². The molecule has 0 unspecified atom stereocenters. The monoisotopic (exact) mass is 403 g/mol. The fraction of sp³-hybridized carbons (Fsp3) is 0.250. The molecule has 0 aliphatic heterocycles. The highest BCUT2D eigenvalue weighted by Gasteiger charge is 2.14. The average molecular weight is 403 g/mol. The summed E-state index contributed by atoms with van der Waals surface area (Å²) >= 11 is 0. The Bertz CT molecular complexity index is 1130. The number of hydrogen-bond donors (Lipinski definition) is 1. The Morgan fingerprint density at radius 2 is 1.90 bits per heavy atom. The molecule has 0 aliphatic carbocycles. The Hall–Kier alpha value is -3.54. The molecule has 1 amide bonds. The third-order valence-electron chi connectivity index (χ3n) is 5.00. The summed E-state index contributed by atoms with van der Waals surface area (Å²) in [6.45, 7) is 5.75. The lowest BCUT2D eigenvalue weighted by molar-refractivity contribution is 0.0921. The molecule has 0 bridgehead atoms. The molecule has 2 heterocycles. The van der Waals surface area contributed by atoms with Crippen molar-refractivity contribution in [2.24, 2.45) is 0 Å². The van der Waals surface area contributed by atoms with Crippen LogP contribution in [0.2, 0.25) is 0 Å². The normalized spacial score (nSPS) is 11.2. The highest BCUT2D eigenvalue weighted by Crippen LogP contribution is 2.26. The van der Waals surface area contributed by atoms with Crippen molar-refractivity contribution < 1.29 is 13.9 Å². The quantitative estimate of drug-likeness (QED) is 0.460. The lowest BCUT2D eigenvalue weighted by Gasteiger charge is -2.15. The minimum absolute atomic E-state index is 0.263. The molecule has 0 saturated heterocycles. The zero-order chi connectivity index (χ0) is 20.9. The number of carbonyl (C=O) groups is 1. The zero-order valence-corrected chi connectivity index (χ0v) is 17.2. The standard InChI is InChI=1S/C24H25N3O3/c1-17(2)18-8-3-6-11-21(18)30-15-13-27-20-10-5-4-9-19(20)26-23(27)16-25-24(28)22-12-7-14-29-22/h3-12,14,17H,13,15-16H2,1-2H3,(H,25,28). The van der Waals surface area contributed by atoms with Crippen LogP contribution in [0.25, 0.3) is 11.0 Å². The molecule has 2 aromatic heterocycles. The van der Waals surface area contributed by atoms with Crippen LogP contribution >= 0.6 is 0 Å². The number of benzene rings is 2. The van der Waals surface area contributed by atoms with E-state index in [0.717, 1.165) is 22.6 Å². The first kappa shape index (κ1) is 19.8. The SMILES string of the molecule is CC(C)c1ccccc1OCCn1c(CNC(=O)c2ccco2)nc2ccccc21. The number of para-hydroxylation sites is 3. The summed E-state index contributed by atoms with van der Waals surface area (Å²) in [5.41, 5.74) is 3.10. The highest BCUT2D eigenvalue weighted by atomic mass is 16.5. The molecule has 6 heteroatoms. The maximum absolute atomic E-state index is 12.2. The molecule has 0 saturated carbocycles. The largest absolute Gasteiger partial charge is 0.491 e.